The van der Waals surface area contributed by atoms with E-state index in [0.717, 1.165) is 41.3 Å². The highest BCUT2D eigenvalue weighted by molar-refractivity contribution is 6.07. The number of rotatable bonds is 7. The van der Waals surface area contributed by atoms with Gasteiger partial charge in [0.15, 0.2) is 5.84 Å². The number of hydrogen-bond acceptors (Lipinski definition) is 6. The summed E-state index contributed by atoms with van der Waals surface area (Å²) in [7, 11) is 1.62. The molecule has 3 unspecified atom stereocenters. The van der Waals surface area contributed by atoms with Gasteiger partial charge in [0.2, 0.25) is 5.91 Å². The molecule has 0 bridgehead atoms. The number of carbonyl (C=O) groups is 1. The fourth-order valence-electron chi connectivity index (χ4n) is 3.92. The SMILES string of the molecule is CCCC1C=C(C)C(c2cc3cnc(NC(=O)C4CC4F)cc3nc2C(=N)N(C)C=N)=CN1. The van der Waals surface area contributed by atoms with Crippen molar-refractivity contribution >= 4 is 40.4 Å². The Morgan fingerprint density at radius 2 is 2.18 bits per heavy atom. The zero-order valence-corrected chi connectivity index (χ0v) is 18.9. The number of anilines is 1. The van der Waals surface area contributed by atoms with E-state index in [4.69, 9.17) is 15.8 Å². The second kappa shape index (κ2) is 9.09. The van der Waals surface area contributed by atoms with Crippen LogP contribution in [0, 0.1) is 16.7 Å². The number of nitrogens with zero attached hydrogens (tertiary/aromatic N) is 3. The van der Waals surface area contributed by atoms with Crippen LogP contribution in [0.1, 0.15) is 44.4 Å². The number of aromatic nitrogens is 2. The molecule has 0 radical (unpaired) electrons. The van der Waals surface area contributed by atoms with E-state index < -0.39 is 12.1 Å². The number of alkyl halides is 1. The summed E-state index contributed by atoms with van der Waals surface area (Å²) in [6, 6.07) is 3.82. The lowest BCUT2D eigenvalue weighted by Gasteiger charge is -2.24. The average molecular weight is 450 g/mol. The van der Waals surface area contributed by atoms with Crippen LogP contribution in [0.4, 0.5) is 10.2 Å². The van der Waals surface area contributed by atoms with Gasteiger partial charge in [-0.25, -0.2) is 14.4 Å². The summed E-state index contributed by atoms with van der Waals surface area (Å²) < 4.78 is 13.2. The van der Waals surface area contributed by atoms with Crippen LogP contribution < -0.4 is 10.6 Å². The predicted molar refractivity (Wildman–Crippen MR) is 128 cm³/mol. The van der Waals surface area contributed by atoms with Crippen LogP contribution in [-0.2, 0) is 4.79 Å². The maximum Gasteiger partial charge on any atom is 0.231 e. The Balaban J connectivity index is 1.75. The van der Waals surface area contributed by atoms with Crippen LogP contribution in [0.15, 0.2) is 36.2 Å². The van der Waals surface area contributed by atoms with Gasteiger partial charge in [0.1, 0.15) is 17.7 Å². The lowest BCUT2D eigenvalue weighted by Crippen LogP contribution is -2.28. The minimum absolute atomic E-state index is 0.0759. The van der Waals surface area contributed by atoms with Crippen LogP contribution in [0.2, 0.25) is 0 Å². The topological polar surface area (TPSA) is 118 Å². The van der Waals surface area contributed by atoms with E-state index in [1.165, 1.54) is 4.90 Å². The van der Waals surface area contributed by atoms with E-state index >= 15 is 0 Å². The molecule has 1 aliphatic heterocycles. The van der Waals surface area contributed by atoms with Crippen molar-refractivity contribution in [2.24, 2.45) is 5.92 Å². The fourth-order valence-corrected chi connectivity index (χ4v) is 3.92. The van der Waals surface area contributed by atoms with E-state index in [-0.39, 0.29) is 24.2 Å². The molecule has 0 aromatic carbocycles. The molecular weight excluding hydrogens is 421 g/mol. The minimum Gasteiger partial charge on any atom is -0.384 e. The Labute approximate surface area is 192 Å². The average Bonchev–Trinajstić information content (AvgIpc) is 3.54. The van der Waals surface area contributed by atoms with Crippen molar-refractivity contribution in [1.29, 1.82) is 10.8 Å². The molecule has 9 heteroatoms. The van der Waals surface area contributed by atoms with Crippen LogP contribution in [0.5, 0.6) is 0 Å². The summed E-state index contributed by atoms with van der Waals surface area (Å²) in [6.45, 7) is 4.19. The highest BCUT2D eigenvalue weighted by Crippen LogP contribution is 2.35. The Hall–Kier alpha value is -3.62. The third-order valence-corrected chi connectivity index (χ3v) is 5.98. The Bertz CT molecular complexity index is 1190. The molecule has 3 atom stereocenters. The first-order valence-electron chi connectivity index (χ1n) is 11.1. The summed E-state index contributed by atoms with van der Waals surface area (Å²) >= 11 is 0. The monoisotopic (exact) mass is 449 g/mol. The molecule has 2 aliphatic rings. The number of allylic oxidation sites excluding steroid dienone is 2. The second-order valence-electron chi connectivity index (χ2n) is 8.55. The van der Waals surface area contributed by atoms with E-state index in [0.29, 0.717) is 17.0 Å². The molecular formula is C24H28FN7O. The summed E-state index contributed by atoms with van der Waals surface area (Å²) in [6.07, 6.45) is 8.08. The Morgan fingerprint density at radius 1 is 1.42 bits per heavy atom. The zero-order chi connectivity index (χ0) is 23.7. The van der Waals surface area contributed by atoms with E-state index in [1.54, 1.807) is 19.3 Å². The van der Waals surface area contributed by atoms with Crippen molar-refractivity contribution in [2.45, 2.75) is 45.3 Å². The lowest BCUT2D eigenvalue weighted by atomic mass is 9.92. The number of pyridine rings is 2. The number of carbonyl (C=O) groups excluding carboxylic acids is 1. The van der Waals surface area contributed by atoms with Gasteiger partial charge in [0.05, 0.1) is 17.8 Å². The van der Waals surface area contributed by atoms with Gasteiger partial charge in [-0.15, -0.1) is 0 Å². The van der Waals surface area contributed by atoms with Gasteiger partial charge in [0, 0.05) is 48.1 Å². The molecule has 3 heterocycles. The van der Waals surface area contributed by atoms with Crippen molar-refractivity contribution in [2.75, 3.05) is 12.4 Å². The first-order chi connectivity index (χ1) is 15.8. The van der Waals surface area contributed by atoms with Crippen LogP contribution >= 0.6 is 0 Å². The number of dihydropyridines is 1. The molecule has 1 saturated carbocycles. The number of amides is 1. The molecule has 172 valence electrons. The van der Waals surface area contributed by atoms with Crippen LogP contribution in [-0.4, -0.2) is 52.2 Å². The van der Waals surface area contributed by atoms with Gasteiger partial charge in [0.25, 0.3) is 0 Å². The van der Waals surface area contributed by atoms with Gasteiger partial charge in [-0.3, -0.25) is 15.6 Å². The van der Waals surface area contributed by atoms with Gasteiger partial charge < -0.3 is 15.5 Å². The van der Waals surface area contributed by atoms with Crippen molar-refractivity contribution in [1.82, 2.24) is 20.2 Å². The van der Waals surface area contributed by atoms with Crippen LogP contribution in [0.25, 0.3) is 16.5 Å². The highest BCUT2D eigenvalue weighted by atomic mass is 19.1. The highest BCUT2D eigenvalue weighted by Gasteiger charge is 2.43. The Kier molecular flexibility index (Phi) is 6.22. The maximum absolute atomic E-state index is 13.2. The molecule has 0 spiro atoms. The second-order valence-corrected chi connectivity index (χ2v) is 8.55. The molecule has 0 saturated heterocycles. The largest absolute Gasteiger partial charge is 0.384 e. The standard InChI is InChI=1S/C24H28FN7O/c1-4-5-15-6-13(2)18(11-28-15)16-7-14-10-29-21(31-24(33)17-8-19(17)25)9-20(14)30-22(16)23(27)32(3)12-26/h6-7,9-12,15,17,19,26-28H,4-5,8H2,1-3H3,(H,29,31,33). The van der Waals surface area contributed by atoms with Crippen molar-refractivity contribution in [3.8, 4) is 0 Å². The smallest absolute Gasteiger partial charge is 0.231 e. The third-order valence-electron chi connectivity index (χ3n) is 5.98. The number of nitrogens with one attached hydrogen (secondary N) is 4. The lowest BCUT2D eigenvalue weighted by molar-refractivity contribution is -0.117. The van der Waals surface area contributed by atoms with Gasteiger partial charge in [-0.2, -0.15) is 0 Å². The quantitative estimate of drug-likeness (QED) is 0.378. The number of hydrogen-bond donors (Lipinski definition) is 4. The Morgan fingerprint density at radius 3 is 2.82 bits per heavy atom. The molecule has 8 nitrogen and oxygen atoms in total. The summed E-state index contributed by atoms with van der Waals surface area (Å²) in [4.78, 5) is 22.5. The summed E-state index contributed by atoms with van der Waals surface area (Å²) in [5.74, 6) is -0.628. The third kappa shape index (κ3) is 4.62. The summed E-state index contributed by atoms with van der Waals surface area (Å²) in [5.41, 5.74) is 3.73. The van der Waals surface area contributed by atoms with Crippen molar-refractivity contribution < 1.29 is 9.18 Å². The molecule has 1 aliphatic carbocycles. The first kappa shape index (κ1) is 22.6. The molecule has 33 heavy (non-hydrogen) atoms. The predicted octanol–water partition coefficient (Wildman–Crippen LogP) is 3.85. The van der Waals surface area contributed by atoms with E-state index in [1.807, 2.05) is 19.2 Å². The van der Waals surface area contributed by atoms with Gasteiger partial charge >= 0.3 is 0 Å². The molecule has 2 aromatic heterocycles. The minimum atomic E-state index is -1.08. The molecule has 4 rings (SSSR count). The fraction of sp³-hybridized carbons (Fsp3) is 0.375. The first-order valence-corrected chi connectivity index (χ1v) is 11.1. The molecule has 1 amide bonds. The molecule has 2 aromatic rings. The molecule has 1 fully saturated rings. The molecule has 4 N–H and O–H groups in total. The van der Waals surface area contributed by atoms with Crippen LogP contribution in [0.3, 0.4) is 0 Å². The van der Waals surface area contributed by atoms with Crippen molar-refractivity contribution in [3.05, 3.63) is 47.4 Å². The maximum atomic E-state index is 13.2. The number of amidine groups is 1. The number of halogens is 1. The van der Waals surface area contributed by atoms with Gasteiger partial charge in [-0.05, 0) is 31.4 Å². The number of fused-ring (bicyclic) bond motifs is 1. The van der Waals surface area contributed by atoms with Gasteiger partial charge in [-0.1, -0.05) is 19.4 Å². The van der Waals surface area contributed by atoms with E-state index in [2.05, 4.69) is 28.6 Å². The summed E-state index contributed by atoms with van der Waals surface area (Å²) in [5, 5.41) is 23.0. The van der Waals surface area contributed by atoms with E-state index in [9.17, 15) is 9.18 Å². The zero-order valence-electron chi connectivity index (χ0n) is 18.9. The van der Waals surface area contributed by atoms with Crippen molar-refractivity contribution in [3.63, 3.8) is 0 Å². The normalized spacial score (nSPS) is 21.5.